The van der Waals surface area contributed by atoms with E-state index in [1.807, 2.05) is 12.1 Å². The lowest BCUT2D eigenvalue weighted by Gasteiger charge is -2.17. The Morgan fingerprint density at radius 1 is 1.07 bits per heavy atom. The van der Waals surface area contributed by atoms with E-state index in [0.29, 0.717) is 18.2 Å². The minimum absolute atomic E-state index is 0.0550. The molecule has 1 aliphatic rings. The monoisotopic (exact) mass is 450 g/mol. The fraction of sp³-hybridized carbons (Fsp3) is 0.350. The maximum Gasteiger partial charge on any atom is 0.261 e. The van der Waals surface area contributed by atoms with Crippen molar-refractivity contribution in [3.8, 4) is 0 Å². The molecule has 1 aliphatic carbocycles. The number of sulfonamides is 1. The number of amides is 1. The molecule has 2 aromatic rings. The van der Waals surface area contributed by atoms with Gasteiger partial charge in [-0.05, 0) is 60.7 Å². The second-order valence-electron chi connectivity index (χ2n) is 7.32. The number of rotatable bonds is 7. The molecular weight excluding hydrogens is 428 g/mol. The Hall–Kier alpha value is -1.86. The van der Waals surface area contributed by atoms with Crippen molar-refractivity contribution in [1.82, 2.24) is 5.32 Å². The van der Waals surface area contributed by atoms with Gasteiger partial charge in [-0.3, -0.25) is 9.52 Å². The Bertz CT molecular complexity index is 919. The fourth-order valence-electron chi connectivity index (χ4n) is 2.92. The van der Waals surface area contributed by atoms with E-state index in [-0.39, 0.29) is 10.8 Å². The van der Waals surface area contributed by atoms with Gasteiger partial charge in [-0.15, -0.1) is 0 Å². The Morgan fingerprint density at radius 2 is 1.67 bits per heavy atom. The molecule has 0 spiro atoms. The number of carbonyl (C=O) groups is 1. The second kappa shape index (κ2) is 7.64. The van der Waals surface area contributed by atoms with Gasteiger partial charge in [0.15, 0.2) is 0 Å². The zero-order valence-corrected chi connectivity index (χ0v) is 17.7. The average molecular weight is 451 g/mol. The third kappa shape index (κ3) is 4.52. The molecular formula is C20H23BrN2O3S. The first-order valence-electron chi connectivity index (χ1n) is 8.90. The zero-order chi connectivity index (χ0) is 19.7. The summed E-state index contributed by atoms with van der Waals surface area (Å²) in [5.41, 5.74) is 0.938. The van der Waals surface area contributed by atoms with Crippen LogP contribution in [0.15, 0.2) is 57.9 Å². The molecule has 27 heavy (non-hydrogen) atoms. The molecule has 0 aliphatic heterocycles. The Balaban J connectivity index is 1.72. The van der Waals surface area contributed by atoms with Crippen molar-refractivity contribution < 1.29 is 13.2 Å². The molecule has 0 aromatic heterocycles. The van der Waals surface area contributed by atoms with Crippen LogP contribution in [-0.4, -0.2) is 20.9 Å². The van der Waals surface area contributed by atoms with E-state index < -0.39 is 15.4 Å². The van der Waals surface area contributed by atoms with Crippen molar-refractivity contribution in [3.63, 3.8) is 0 Å². The molecule has 7 heteroatoms. The molecule has 0 bridgehead atoms. The summed E-state index contributed by atoms with van der Waals surface area (Å²) < 4.78 is 28.3. The van der Waals surface area contributed by atoms with Gasteiger partial charge in [0.25, 0.3) is 10.0 Å². The summed E-state index contributed by atoms with van der Waals surface area (Å²) in [7, 11) is -3.65. The van der Waals surface area contributed by atoms with Gasteiger partial charge in [-0.25, -0.2) is 8.42 Å². The third-order valence-corrected chi connectivity index (χ3v) is 6.60. The van der Waals surface area contributed by atoms with Gasteiger partial charge in [0.2, 0.25) is 5.91 Å². The molecule has 0 saturated heterocycles. The normalized spacial score (nSPS) is 15.4. The van der Waals surface area contributed by atoms with Crippen LogP contribution in [0.3, 0.4) is 0 Å². The molecule has 2 aromatic carbocycles. The topological polar surface area (TPSA) is 75.3 Å². The van der Waals surface area contributed by atoms with Crippen LogP contribution >= 0.6 is 15.9 Å². The third-order valence-electron chi connectivity index (χ3n) is 4.67. The summed E-state index contributed by atoms with van der Waals surface area (Å²) in [6.07, 6.45) is 1.64. The largest absolute Gasteiger partial charge is 0.355 e. The van der Waals surface area contributed by atoms with Crippen LogP contribution in [0.5, 0.6) is 0 Å². The van der Waals surface area contributed by atoms with Crippen molar-refractivity contribution in [3.05, 3.63) is 58.6 Å². The van der Waals surface area contributed by atoms with E-state index in [0.717, 1.165) is 22.9 Å². The van der Waals surface area contributed by atoms with Crippen LogP contribution in [0.4, 0.5) is 5.69 Å². The predicted octanol–water partition coefficient (Wildman–Crippen LogP) is 4.05. The summed E-state index contributed by atoms with van der Waals surface area (Å²) in [5.74, 6) is 0.458. The highest BCUT2D eigenvalue weighted by atomic mass is 79.9. The van der Waals surface area contributed by atoms with Gasteiger partial charge in [0.1, 0.15) is 0 Å². The first kappa shape index (κ1) is 19.9. The van der Waals surface area contributed by atoms with Gasteiger partial charge < -0.3 is 5.32 Å². The van der Waals surface area contributed by atoms with Gasteiger partial charge in [0, 0.05) is 16.7 Å². The van der Waals surface area contributed by atoms with Crippen molar-refractivity contribution in [2.75, 3.05) is 11.3 Å². The molecule has 5 nitrogen and oxygen atoms in total. The van der Waals surface area contributed by atoms with Crippen LogP contribution in [0.2, 0.25) is 0 Å². The molecule has 3 rings (SSSR count). The highest BCUT2D eigenvalue weighted by Crippen LogP contribution is 2.48. The van der Waals surface area contributed by atoms with E-state index in [1.165, 1.54) is 0 Å². The molecule has 1 saturated carbocycles. The molecule has 144 valence electrons. The minimum Gasteiger partial charge on any atom is -0.355 e. The second-order valence-corrected chi connectivity index (χ2v) is 9.92. The number of hydrogen-bond donors (Lipinski definition) is 2. The van der Waals surface area contributed by atoms with Gasteiger partial charge >= 0.3 is 0 Å². The molecule has 0 unspecified atom stereocenters. The summed E-state index contributed by atoms with van der Waals surface area (Å²) in [4.78, 5) is 12.7. The molecule has 0 atom stereocenters. The van der Waals surface area contributed by atoms with Crippen molar-refractivity contribution in [2.24, 2.45) is 5.92 Å². The molecule has 1 fully saturated rings. The highest BCUT2D eigenvalue weighted by molar-refractivity contribution is 9.10. The molecule has 0 heterocycles. The molecule has 2 N–H and O–H groups in total. The highest BCUT2D eigenvalue weighted by Gasteiger charge is 2.51. The Kier molecular flexibility index (Phi) is 5.63. The first-order valence-corrected chi connectivity index (χ1v) is 11.2. The van der Waals surface area contributed by atoms with Crippen molar-refractivity contribution >= 4 is 37.5 Å². The van der Waals surface area contributed by atoms with Crippen molar-refractivity contribution in [2.45, 2.75) is 37.0 Å². The van der Waals surface area contributed by atoms with Crippen LogP contribution in [0.1, 0.15) is 32.3 Å². The predicted molar refractivity (Wildman–Crippen MR) is 110 cm³/mol. The lowest BCUT2D eigenvalue weighted by molar-refractivity contribution is -0.123. The van der Waals surface area contributed by atoms with Crippen LogP contribution in [0.25, 0.3) is 0 Å². The molecule has 1 amide bonds. The maximum atomic E-state index is 12.5. The quantitative estimate of drug-likeness (QED) is 0.667. The summed E-state index contributed by atoms with van der Waals surface area (Å²) in [6.45, 7) is 4.78. The number of halogens is 1. The van der Waals surface area contributed by atoms with Gasteiger partial charge in [-0.2, -0.15) is 0 Å². The molecule has 0 radical (unpaired) electrons. The maximum absolute atomic E-state index is 12.5. The van der Waals surface area contributed by atoms with Crippen LogP contribution in [-0.2, 0) is 20.2 Å². The average Bonchev–Trinajstić information content (AvgIpc) is 3.42. The summed E-state index contributed by atoms with van der Waals surface area (Å²) >= 11 is 3.29. The van der Waals surface area contributed by atoms with Crippen molar-refractivity contribution in [1.29, 1.82) is 0 Å². The Morgan fingerprint density at radius 3 is 2.19 bits per heavy atom. The van der Waals surface area contributed by atoms with Gasteiger partial charge in [-0.1, -0.05) is 41.9 Å². The lowest BCUT2D eigenvalue weighted by Crippen LogP contribution is -2.36. The lowest BCUT2D eigenvalue weighted by atomic mass is 9.94. The summed E-state index contributed by atoms with van der Waals surface area (Å²) in [5, 5.41) is 3.01. The number of carbonyl (C=O) groups excluding carboxylic acids is 1. The van der Waals surface area contributed by atoms with Crippen LogP contribution < -0.4 is 10.0 Å². The van der Waals surface area contributed by atoms with Gasteiger partial charge in [0.05, 0.1) is 10.3 Å². The smallest absolute Gasteiger partial charge is 0.261 e. The number of anilines is 1. The van der Waals surface area contributed by atoms with E-state index in [2.05, 4.69) is 39.8 Å². The zero-order valence-electron chi connectivity index (χ0n) is 15.3. The number of nitrogens with one attached hydrogen (secondary N) is 2. The van der Waals surface area contributed by atoms with E-state index in [4.69, 9.17) is 0 Å². The fourth-order valence-corrected chi connectivity index (χ4v) is 4.25. The standard InChI is InChI=1S/C20H23BrN2O3S/c1-14(2)13-22-19(24)20(11-12-20)15-3-7-17(8-4-15)23-27(25,26)18-9-5-16(21)6-10-18/h3-10,14,23H,11-13H2,1-2H3,(H,22,24). The number of benzene rings is 2. The van der Waals surface area contributed by atoms with Crippen LogP contribution in [0, 0.1) is 5.92 Å². The van der Waals surface area contributed by atoms with E-state index in [1.54, 1.807) is 36.4 Å². The first-order chi connectivity index (χ1) is 12.7. The van der Waals surface area contributed by atoms with E-state index in [9.17, 15) is 13.2 Å². The minimum atomic E-state index is -3.65. The summed E-state index contributed by atoms with van der Waals surface area (Å²) in [6, 6.07) is 13.5. The SMILES string of the molecule is CC(C)CNC(=O)C1(c2ccc(NS(=O)(=O)c3ccc(Br)cc3)cc2)CC1. The Labute approximate surface area is 168 Å². The number of hydrogen-bond acceptors (Lipinski definition) is 3. The van der Waals surface area contributed by atoms with E-state index >= 15 is 0 Å².